The molecule has 2 atom stereocenters. The number of hydrogen-bond donors (Lipinski definition) is 3. The maximum atomic E-state index is 12.5. The van der Waals surface area contributed by atoms with Crippen molar-refractivity contribution in [1.29, 1.82) is 0 Å². The summed E-state index contributed by atoms with van der Waals surface area (Å²) in [5, 5.41) is 15.6. The number of ether oxygens (including phenoxy) is 2. The second kappa shape index (κ2) is 9.05. The van der Waals surface area contributed by atoms with Crippen LogP contribution in [0.4, 0.5) is 4.79 Å². The van der Waals surface area contributed by atoms with Gasteiger partial charge >= 0.3 is 6.09 Å². The van der Waals surface area contributed by atoms with E-state index in [1.54, 1.807) is 13.8 Å². The molecule has 0 saturated heterocycles. The van der Waals surface area contributed by atoms with E-state index in [1.165, 1.54) is 6.92 Å². The zero-order valence-corrected chi connectivity index (χ0v) is 18.7. The number of amides is 2. The average molecular weight is 399 g/mol. The molecular formula is C21H38N2O5. The number of allylic oxidation sites excluding steroid dienone is 1. The lowest BCUT2D eigenvalue weighted by atomic mass is 9.67. The van der Waals surface area contributed by atoms with Crippen LogP contribution in [-0.2, 0) is 14.3 Å². The lowest BCUT2D eigenvalue weighted by Crippen LogP contribution is -2.57. The molecule has 1 aliphatic carbocycles. The van der Waals surface area contributed by atoms with Gasteiger partial charge in [0, 0.05) is 30.5 Å². The summed E-state index contributed by atoms with van der Waals surface area (Å²) in [4.78, 5) is 24.0. The molecule has 1 rings (SSSR count). The van der Waals surface area contributed by atoms with Crippen LogP contribution in [0.15, 0.2) is 11.5 Å². The van der Waals surface area contributed by atoms with Gasteiger partial charge in [-0.15, -0.1) is 0 Å². The number of hydrogen-bond acceptors (Lipinski definition) is 5. The van der Waals surface area contributed by atoms with E-state index in [2.05, 4.69) is 24.5 Å². The van der Waals surface area contributed by atoms with E-state index in [1.807, 2.05) is 20.8 Å². The van der Waals surface area contributed by atoms with Crippen LogP contribution in [0.2, 0.25) is 0 Å². The highest BCUT2D eigenvalue weighted by Gasteiger charge is 2.42. The van der Waals surface area contributed by atoms with Crippen molar-refractivity contribution in [3.8, 4) is 0 Å². The summed E-state index contributed by atoms with van der Waals surface area (Å²) in [7, 11) is 0. The molecule has 0 aliphatic heterocycles. The van der Waals surface area contributed by atoms with E-state index >= 15 is 0 Å². The van der Waals surface area contributed by atoms with Crippen molar-refractivity contribution in [2.24, 2.45) is 5.41 Å². The zero-order chi connectivity index (χ0) is 21.8. The second-order valence-corrected chi connectivity index (χ2v) is 9.89. The lowest BCUT2D eigenvalue weighted by Gasteiger charge is -2.47. The molecule has 0 aromatic rings. The van der Waals surface area contributed by atoms with Crippen LogP contribution >= 0.6 is 0 Å². The van der Waals surface area contributed by atoms with Crippen LogP contribution in [-0.4, -0.2) is 40.9 Å². The highest BCUT2D eigenvalue weighted by atomic mass is 16.6. The number of rotatable bonds is 7. The predicted molar refractivity (Wildman–Crippen MR) is 109 cm³/mol. The SMILES string of the molecule is CC(=O)NC1(C)CC(NC(=O)OC(C)(C)CCOC(O)=C(C)C)CC(C)(C)C1. The molecule has 2 amide bonds. The zero-order valence-electron chi connectivity index (χ0n) is 18.7. The van der Waals surface area contributed by atoms with E-state index in [4.69, 9.17) is 9.47 Å². The van der Waals surface area contributed by atoms with Crippen LogP contribution in [0.3, 0.4) is 0 Å². The third kappa shape index (κ3) is 8.40. The van der Waals surface area contributed by atoms with Gasteiger partial charge in [0.15, 0.2) is 0 Å². The highest BCUT2D eigenvalue weighted by molar-refractivity contribution is 5.74. The largest absolute Gasteiger partial charge is 0.481 e. The average Bonchev–Trinajstić information content (AvgIpc) is 2.41. The van der Waals surface area contributed by atoms with Gasteiger partial charge in [0.25, 0.3) is 5.95 Å². The van der Waals surface area contributed by atoms with Crippen molar-refractivity contribution >= 4 is 12.0 Å². The third-order valence-corrected chi connectivity index (χ3v) is 4.90. The van der Waals surface area contributed by atoms with Gasteiger partial charge in [-0.3, -0.25) is 4.79 Å². The fourth-order valence-corrected chi connectivity index (χ4v) is 4.14. The van der Waals surface area contributed by atoms with Gasteiger partial charge in [-0.05, 0) is 59.3 Å². The maximum Gasteiger partial charge on any atom is 0.407 e. The van der Waals surface area contributed by atoms with Crippen molar-refractivity contribution < 1.29 is 24.2 Å². The van der Waals surface area contributed by atoms with Crippen LogP contribution in [0, 0.1) is 5.41 Å². The number of aliphatic hydroxyl groups is 1. The number of carbonyl (C=O) groups excluding carboxylic acids is 2. The Morgan fingerprint density at radius 2 is 1.75 bits per heavy atom. The molecule has 1 saturated carbocycles. The summed E-state index contributed by atoms with van der Waals surface area (Å²) in [6.45, 7) is 15.2. The minimum absolute atomic E-state index is 0.0152. The first-order valence-corrected chi connectivity index (χ1v) is 9.91. The Balaban J connectivity index is 2.62. The van der Waals surface area contributed by atoms with Gasteiger partial charge in [0.2, 0.25) is 5.91 Å². The fourth-order valence-electron chi connectivity index (χ4n) is 4.14. The standard InChI is InChI=1S/C21H38N2O5/c1-14(2)17(25)27-10-9-20(6,7)28-18(26)22-16-11-19(4,5)13-21(8,12-16)23-15(3)24/h16,25H,9-13H2,1-8H3,(H,22,26)(H,23,24). The third-order valence-electron chi connectivity index (χ3n) is 4.90. The molecule has 0 bridgehead atoms. The summed E-state index contributed by atoms with van der Waals surface area (Å²) >= 11 is 0. The van der Waals surface area contributed by atoms with E-state index in [9.17, 15) is 14.7 Å². The molecule has 0 radical (unpaired) electrons. The summed E-state index contributed by atoms with van der Waals surface area (Å²) in [5.74, 6) is -0.163. The minimum atomic E-state index is -0.739. The van der Waals surface area contributed by atoms with Gasteiger partial charge in [-0.1, -0.05) is 13.8 Å². The van der Waals surface area contributed by atoms with E-state index in [0.717, 1.165) is 12.8 Å². The van der Waals surface area contributed by atoms with Gasteiger partial charge < -0.3 is 25.2 Å². The van der Waals surface area contributed by atoms with Crippen LogP contribution in [0.25, 0.3) is 0 Å². The lowest BCUT2D eigenvalue weighted by molar-refractivity contribution is -0.121. The van der Waals surface area contributed by atoms with E-state index in [-0.39, 0.29) is 35.5 Å². The van der Waals surface area contributed by atoms with Crippen LogP contribution < -0.4 is 10.6 Å². The number of aliphatic hydroxyl groups excluding tert-OH is 1. The molecule has 0 heterocycles. The molecule has 1 aliphatic rings. The van der Waals surface area contributed by atoms with E-state index in [0.29, 0.717) is 18.4 Å². The fraction of sp³-hybridized carbons (Fsp3) is 0.810. The number of alkyl carbamates (subject to hydrolysis) is 1. The first kappa shape index (κ1) is 24.1. The van der Waals surface area contributed by atoms with Crippen molar-refractivity contribution in [2.75, 3.05) is 6.61 Å². The van der Waals surface area contributed by atoms with Gasteiger partial charge in [0.05, 0.1) is 6.61 Å². The normalized spacial score (nSPS) is 24.1. The monoisotopic (exact) mass is 398 g/mol. The Kier molecular flexibility index (Phi) is 7.80. The molecule has 7 nitrogen and oxygen atoms in total. The minimum Gasteiger partial charge on any atom is -0.481 e. The highest BCUT2D eigenvalue weighted by Crippen LogP contribution is 2.41. The van der Waals surface area contributed by atoms with Crippen molar-refractivity contribution in [1.82, 2.24) is 10.6 Å². The Morgan fingerprint density at radius 1 is 1.14 bits per heavy atom. The molecule has 0 aromatic heterocycles. The first-order valence-electron chi connectivity index (χ1n) is 9.91. The molecule has 0 spiro atoms. The van der Waals surface area contributed by atoms with Gasteiger partial charge in [-0.2, -0.15) is 0 Å². The topological polar surface area (TPSA) is 96.9 Å². The quantitative estimate of drug-likeness (QED) is 0.559. The molecule has 28 heavy (non-hydrogen) atoms. The van der Waals surface area contributed by atoms with Crippen molar-refractivity contribution in [3.05, 3.63) is 11.5 Å². The van der Waals surface area contributed by atoms with Crippen molar-refractivity contribution in [3.63, 3.8) is 0 Å². The Hall–Kier alpha value is -1.92. The Morgan fingerprint density at radius 3 is 2.29 bits per heavy atom. The molecule has 1 fully saturated rings. The molecule has 3 N–H and O–H groups in total. The predicted octanol–water partition coefficient (Wildman–Crippen LogP) is 4.18. The molecule has 0 aromatic carbocycles. The van der Waals surface area contributed by atoms with Crippen LogP contribution in [0.5, 0.6) is 0 Å². The Labute approximate surface area is 169 Å². The number of carbonyl (C=O) groups is 2. The van der Waals surface area contributed by atoms with Gasteiger partial charge in [-0.25, -0.2) is 4.79 Å². The van der Waals surface area contributed by atoms with Crippen molar-refractivity contribution in [2.45, 2.75) is 98.3 Å². The maximum absolute atomic E-state index is 12.5. The molecule has 7 heteroatoms. The molecule has 162 valence electrons. The first-order chi connectivity index (χ1) is 12.6. The van der Waals surface area contributed by atoms with Crippen LogP contribution in [0.1, 0.15) is 81.1 Å². The summed E-state index contributed by atoms with van der Waals surface area (Å²) in [6, 6.07) is -0.0881. The smallest absolute Gasteiger partial charge is 0.407 e. The summed E-state index contributed by atoms with van der Waals surface area (Å²) < 4.78 is 10.8. The van der Waals surface area contributed by atoms with E-state index < -0.39 is 11.7 Å². The Bertz CT molecular complexity index is 608. The van der Waals surface area contributed by atoms with Gasteiger partial charge in [0.1, 0.15) is 5.60 Å². The second-order valence-electron chi connectivity index (χ2n) is 9.89. The molecule has 2 unspecified atom stereocenters. The molecular weight excluding hydrogens is 360 g/mol. The number of nitrogens with one attached hydrogen (secondary N) is 2. The summed E-state index contributed by atoms with van der Waals surface area (Å²) in [5.41, 5.74) is -0.425. The summed E-state index contributed by atoms with van der Waals surface area (Å²) in [6.07, 6.45) is 2.28.